The van der Waals surface area contributed by atoms with E-state index >= 15 is 0 Å². The van der Waals surface area contributed by atoms with Crippen molar-refractivity contribution in [1.29, 1.82) is 0 Å². The van der Waals surface area contributed by atoms with Gasteiger partial charge in [-0.05, 0) is 59.3 Å². The van der Waals surface area contributed by atoms with Gasteiger partial charge in [-0.3, -0.25) is 9.59 Å². The molecular weight excluding hydrogens is 396 g/mol. The molecule has 0 saturated heterocycles. The van der Waals surface area contributed by atoms with Crippen molar-refractivity contribution in [1.82, 2.24) is 0 Å². The predicted molar refractivity (Wildman–Crippen MR) is 123 cm³/mol. The van der Waals surface area contributed by atoms with Gasteiger partial charge in [0.1, 0.15) is 0 Å². The third-order valence-corrected chi connectivity index (χ3v) is 5.23. The van der Waals surface area contributed by atoms with E-state index in [9.17, 15) is 14.4 Å². The van der Waals surface area contributed by atoms with E-state index < -0.39 is 18.0 Å². The monoisotopic (exact) mass is 442 g/mol. The molecule has 0 radical (unpaired) electrons. The van der Waals surface area contributed by atoms with Crippen LogP contribution in [0, 0.1) is 0 Å². The number of hydrogen-bond acceptors (Lipinski definition) is 6. The van der Waals surface area contributed by atoms with Crippen LogP contribution in [0.15, 0.2) is 0 Å². The lowest BCUT2D eigenvalue weighted by molar-refractivity contribution is -0.170. The summed E-state index contributed by atoms with van der Waals surface area (Å²) in [6, 6.07) is 0. The summed E-state index contributed by atoms with van der Waals surface area (Å²) in [6.45, 7) is 9.64. The topological polar surface area (TPSA) is 78.9 Å². The minimum atomic E-state index is -0.913. The molecule has 0 saturated carbocycles. The first-order valence-corrected chi connectivity index (χ1v) is 12.4. The first-order valence-electron chi connectivity index (χ1n) is 12.4. The van der Waals surface area contributed by atoms with Crippen molar-refractivity contribution in [3.05, 3.63) is 0 Å². The number of ether oxygens (including phenoxy) is 3. The molecule has 6 heteroatoms. The average molecular weight is 443 g/mol. The smallest absolute Gasteiger partial charge is 0.347 e. The van der Waals surface area contributed by atoms with Gasteiger partial charge in [-0.25, -0.2) is 4.79 Å². The standard InChI is InChI=1S/C25H46O6/c1-6-8-10-12-16-20(3)29-23(26)18-14-15-19-24(27)31-22(5)25(28)30-21(4)17-13-11-9-7-2/h20-22H,6-19H2,1-5H3. The summed E-state index contributed by atoms with van der Waals surface area (Å²) in [5.41, 5.74) is 0. The van der Waals surface area contributed by atoms with Crippen LogP contribution >= 0.6 is 0 Å². The minimum Gasteiger partial charge on any atom is -0.463 e. The third kappa shape index (κ3) is 17.8. The van der Waals surface area contributed by atoms with Gasteiger partial charge in [-0.1, -0.05) is 52.4 Å². The lowest BCUT2D eigenvalue weighted by Crippen LogP contribution is -2.29. The fourth-order valence-electron chi connectivity index (χ4n) is 3.26. The molecule has 0 amide bonds. The molecule has 182 valence electrons. The van der Waals surface area contributed by atoms with Gasteiger partial charge in [0, 0.05) is 12.8 Å². The van der Waals surface area contributed by atoms with Crippen molar-refractivity contribution in [2.45, 2.75) is 143 Å². The summed E-state index contributed by atoms with van der Waals surface area (Å²) in [5, 5.41) is 0. The summed E-state index contributed by atoms with van der Waals surface area (Å²) in [4.78, 5) is 35.9. The fraction of sp³-hybridized carbons (Fsp3) is 0.880. The summed E-state index contributed by atoms with van der Waals surface area (Å²) in [6.07, 6.45) is 11.3. The van der Waals surface area contributed by atoms with E-state index in [0.29, 0.717) is 19.3 Å². The summed E-state index contributed by atoms with van der Waals surface area (Å²) < 4.78 is 15.9. The molecule has 0 aromatic rings. The van der Waals surface area contributed by atoms with Crippen molar-refractivity contribution in [3.8, 4) is 0 Å². The molecule has 0 aromatic carbocycles. The van der Waals surface area contributed by atoms with Crippen LogP contribution in [0.5, 0.6) is 0 Å². The highest BCUT2D eigenvalue weighted by molar-refractivity contribution is 5.79. The van der Waals surface area contributed by atoms with Gasteiger partial charge in [0.2, 0.25) is 0 Å². The van der Waals surface area contributed by atoms with E-state index in [0.717, 1.165) is 32.1 Å². The maximum atomic E-state index is 12.1. The Hall–Kier alpha value is -1.59. The Balaban J connectivity index is 3.87. The molecule has 0 fully saturated rings. The van der Waals surface area contributed by atoms with Crippen LogP contribution in [0.2, 0.25) is 0 Å². The second-order valence-corrected chi connectivity index (χ2v) is 8.59. The first kappa shape index (κ1) is 29.4. The number of carbonyl (C=O) groups is 3. The van der Waals surface area contributed by atoms with E-state index in [-0.39, 0.29) is 24.6 Å². The molecule has 0 aliphatic heterocycles. The molecule has 6 nitrogen and oxygen atoms in total. The van der Waals surface area contributed by atoms with Crippen LogP contribution in [0.3, 0.4) is 0 Å². The number of rotatable bonds is 19. The van der Waals surface area contributed by atoms with Gasteiger partial charge >= 0.3 is 17.9 Å². The van der Waals surface area contributed by atoms with E-state index in [4.69, 9.17) is 14.2 Å². The molecule has 0 N–H and O–H groups in total. The molecule has 0 aliphatic carbocycles. The summed E-state index contributed by atoms with van der Waals surface area (Å²) >= 11 is 0. The Kier molecular flexibility index (Phi) is 18.1. The van der Waals surface area contributed by atoms with Crippen molar-refractivity contribution < 1.29 is 28.6 Å². The molecule has 3 unspecified atom stereocenters. The molecule has 31 heavy (non-hydrogen) atoms. The van der Waals surface area contributed by atoms with Gasteiger partial charge in [0.15, 0.2) is 6.10 Å². The highest BCUT2D eigenvalue weighted by Crippen LogP contribution is 2.12. The molecular formula is C25H46O6. The molecule has 0 rings (SSSR count). The lowest BCUT2D eigenvalue weighted by Gasteiger charge is -2.17. The Morgan fingerprint density at radius 1 is 0.581 bits per heavy atom. The fourth-order valence-corrected chi connectivity index (χ4v) is 3.26. The van der Waals surface area contributed by atoms with Crippen molar-refractivity contribution in [2.24, 2.45) is 0 Å². The zero-order valence-electron chi connectivity index (χ0n) is 20.6. The van der Waals surface area contributed by atoms with Crippen LogP contribution in [0.25, 0.3) is 0 Å². The van der Waals surface area contributed by atoms with Crippen molar-refractivity contribution in [2.75, 3.05) is 0 Å². The van der Waals surface area contributed by atoms with Gasteiger partial charge in [-0.15, -0.1) is 0 Å². The molecule has 0 aromatic heterocycles. The number of unbranched alkanes of at least 4 members (excludes halogenated alkanes) is 7. The van der Waals surface area contributed by atoms with E-state index in [1.807, 2.05) is 13.8 Å². The van der Waals surface area contributed by atoms with Crippen LogP contribution in [-0.2, 0) is 28.6 Å². The maximum absolute atomic E-state index is 12.1. The maximum Gasteiger partial charge on any atom is 0.347 e. The predicted octanol–water partition coefficient (Wildman–Crippen LogP) is 6.28. The van der Waals surface area contributed by atoms with Crippen molar-refractivity contribution in [3.63, 3.8) is 0 Å². The van der Waals surface area contributed by atoms with Crippen LogP contribution in [0.1, 0.15) is 125 Å². The van der Waals surface area contributed by atoms with Gasteiger partial charge < -0.3 is 14.2 Å². The Labute approximate surface area is 189 Å². The van der Waals surface area contributed by atoms with E-state index in [1.54, 1.807) is 0 Å². The Bertz CT molecular complexity index is 490. The van der Waals surface area contributed by atoms with Crippen LogP contribution < -0.4 is 0 Å². The summed E-state index contributed by atoms with van der Waals surface area (Å²) in [7, 11) is 0. The Morgan fingerprint density at radius 3 is 1.52 bits per heavy atom. The molecule has 0 bridgehead atoms. The second kappa shape index (κ2) is 19.1. The van der Waals surface area contributed by atoms with E-state index in [1.165, 1.54) is 39.0 Å². The third-order valence-electron chi connectivity index (χ3n) is 5.23. The SMILES string of the molecule is CCCCCCC(C)OC(=O)CCCCC(=O)OC(C)C(=O)OC(C)CCCCCC. The number of hydrogen-bond donors (Lipinski definition) is 0. The molecule has 0 heterocycles. The van der Waals surface area contributed by atoms with Gasteiger partial charge in [-0.2, -0.15) is 0 Å². The quantitative estimate of drug-likeness (QED) is 0.133. The van der Waals surface area contributed by atoms with Crippen molar-refractivity contribution >= 4 is 17.9 Å². The lowest BCUT2D eigenvalue weighted by atomic mass is 10.1. The molecule has 0 aliphatic rings. The minimum absolute atomic E-state index is 0.0600. The average Bonchev–Trinajstić information content (AvgIpc) is 2.71. The zero-order chi connectivity index (χ0) is 23.5. The molecule has 0 spiro atoms. The van der Waals surface area contributed by atoms with Crippen LogP contribution in [-0.4, -0.2) is 36.2 Å². The molecule has 3 atom stereocenters. The largest absolute Gasteiger partial charge is 0.463 e. The number of carbonyl (C=O) groups excluding carboxylic acids is 3. The van der Waals surface area contributed by atoms with Gasteiger partial charge in [0.25, 0.3) is 0 Å². The number of esters is 3. The Morgan fingerprint density at radius 2 is 1.03 bits per heavy atom. The van der Waals surface area contributed by atoms with Gasteiger partial charge in [0.05, 0.1) is 12.2 Å². The normalized spacial score (nSPS) is 13.8. The zero-order valence-corrected chi connectivity index (χ0v) is 20.6. The highest BCUT2D eigenvalue weighted by Gasteiger charge is 2.21. The van der Waals surface area contributed by atoms with Crippen LogP contribution in [0.4, 0.5) is 0 Å². The highest BCUT2D eigenvalue weighted by atomic mass is 16.6. The second-order valence-electron chi connectivity index (χ2n) is 8.59. The summed E-state index contributed by atoms with van der Waals surface area (Å²) in [5.74, 6) is -1.17. The van der Waals surface area contributed by atoms with E-state index in [2.05, 4.69) is 13.8 Å². The first-order chi connectivity index (χ1) is 14.8.